The summed E-state index contributed by atoms with van der Waals surface area (Å²) >= 11 is 3.86. The lowest BCUT2D eigenvalue weighted by Crippen LogP contribution is -2.61. The number of anilines is 5. The van der Waals surface area contributed by atoms with Crippen molar-refractivity contribution >= 4 is 109 Å². The maximum Gasteiger partial charge on any atom is 0.333 e. The van der Waals surface area contributed by atoms with Gasteiger partial charge in [0.25, 0.3) is 0 Å². The van der Waals surface area contributed by atoms with E-state index in [1.807, 2.05) is 22.7 Å². The van der Waals surface area contributed by atoms with Gasteiger partial charge in [-0.2, -0.15) is 0 Å². The minimum atomic E-state index is -0.107. The van der Waals surface area contributed by atoms with Gasteiger partial charge in [0.2, 0.25) is 0 Å². The molecule has 10 aromatic rings. The van der Waals surface area contributed by atoms with Crippen LogP contribution in [0.5, 0.6) is 0 Å². The highest BCUT2D eigenvalue weighted by Gasteiger charge is 2.48. The third kappa shape index (κ3) is 5.46. The van der Waals surface area contributed by atoms with Crippen molar-refractivity contribution in [3.05, 3.63) is 175 Å². The van der Waals surface area contributed by atoms with Crippen molar-refractivity contribution < 1.29 is 0 Å². The Labute approximate surface area is 366 Å². The molecule has 0 bridgehead atoms. The highest BCUT2D eigenvalue weighted by molar-refractivity contribution is 7.27. The first kappa shape index (κ1) is 36.7. The number of fused-ring (bicyclic) bond motifs is 12. The van der Waals surface area contributed by atoms with Crippen molar-refractivity contribution in [3.63, 3.8) is 0 Å². The summed E-state index contributed by atoms with van der Waals surface area (Å²) in [6.45, 7) is 13.8. The summed E-state index contributed by atoms with van der Waals surface area (Å²) in [7, 11) is 0. The van der Waals surface area contributed by atoms with E-state index in [1.54, 1.807) is 0 Å². The molecule has 0 N–H and O–H groups in total. The van der Waals surface area contributed by atoms with Gasteiger partial charge in [-0.15, -0.1) is 22.7 Å². The Morgan fingerprint density at radius 2 is 1.08 bits per heavy atom. The van der Waals surface area contributed by atoms with E-state index in [4.69, 9.17) is 0 Å². The summed E-state index contributed by atoms with van der Waals surface area (Å²) in [6, 6.07) is 62.2. The predicted octanol–water partition coefficient (Wildman–Crippen LogP) is 15.4. The maximum absolute atomic E-state index is 2.70. The Kier molecular flexibility index (Phi) is 7.93. The number of thiophene rings is 2. The molecule has 2 aromatic heterocycles. The van der Waals surface area contributed by atoms with Gasteiger partial charge in [0.05, 0.1) is 5.69 Å². The summed E-state index contributed by atoms with van der Waals surface area (Å²) in [5.41, 5.74) is 16.6. The highest BCUT2D eigenvalue weighted by Crippen LogP contribution is 2.54. The first-order valence-corrected chi connectivity index (χ1v) is 23.1. The molecule has 0 aliphatic carbocycles. The standard InChI is InChI=1S/C56H45BN2S2/c1-55(2,3)35-24-27-37(28-25-35)59-44-29-26-36(56(4,5)6)32-42(44)51-53-46(33-41-39-19-11-14-22-47(39)61-54(41)51)58(43-21-13-10-18-38(43)34-16-8-7-9-17-34)45-30-31-49-50(52(45)57(53)59)40-20-12-15-23-48(40)60-49/h7-33H,1-6H3. The fourth-order valence-electron chi connectivity index (χ4n) is 10.2. The lowest BCUT2D eigenvalue weighted by molar-refractivity contribution is 0.590. The van der Waals surface area contributed by atoms with Crippen molar-refractivity contribution in [2.75, 3.05) is 9.71 Å². The van der Waals surface area contributed by atoms with Gasteiger partial charge >= 0.3 is 6.85 Å². The number of hydrogen-bond acceptors (Lipinski definition) is 4. The fourth-order valence-corrected chi connectivity index (χ4v) is 12.6. The van der Waals surface area contributed by atoms with Crippen LogP contribution in [0.1, 0.15) is 52.7 Å². The van der Waals surface area contributed by atoms with Crippen molar-refractivity contribution in [1.29, 1.82) is 0 Å². The average Bonchev–Trinajstić information content (AvgIpc) is 3.84. The molecule has 0 amide bonds. The van der Waals surface area contributed by atoms with Crippen LogP contribution < -0.4 is 20.6 Å². The summed E-state index contributed by atoms with van der Waals surface area (Å²) < 4.78 is 5.32. The van der Waals surface area contributed by atoms with Crippen LogP contribution in [0.3, 0.4) is 0 Å². The molecule has 0 atom stereocenters. The fraction of sp³-hybridized carbons (Fsp3) is 0.143. The van der Waals surface area contributed by atoms with E-state index in [0.29, 0.717) is 0 Å². The van der Waals surface area contributed by atoms with Gasteiger partial charge < -0.3 is 9.71 Å². The van der Waals surface area contributed by atoms with Crippen LogP contribution in [0.2, 0.25) is 0 Å². The van der Waals surface area contributed by atoms with Crippen molar-refractivity contribution in [3.8, 4) is 22.3 Å². The number of hydrogen-bond donors (Lipinski definition) is 0. The summed E-state index contributed by atoms with van der Waals surface area (Å²) in [6.07, 6.45) is 0. The topological polar surface area (TPSA) is 6.48 Å². The van der Waals surface area contributed by atoms with Crippen molar-refractivity contribution in [1.82, 2.24) is 0 Å². The molecule has 0 spiro atoms. The normalized spacial score (nSPS) is 13.6. The van der Waals surface area contributed by atoms with Gasteiger partial charge in [-0.1, -0.05) is 145 Å². The number of rotatable bonds is 3. The Morgan fingerprint density at radius 1 is 0.443 bits per heavy atom. The molecule has 0 unspecified atom stereocenters. The third-order valence-corrected chi connectivity index (χ3v) is 15.5. The number of para-hydroxylation sites is 1. The van der Waals surface area contributed by atoms with Crippen LogP contribution in [0, 0.1) is 0 Å². The second-order valence-electron chi connectivity index (χ2n) is 18.9. The summed E-state index contributed by atoms with van der Waals surface area (Å²) in [5.74, 6) is 0. The molecule has 2 nitrogen and oxygen atoms in total. The lowest BCUT2D eigenvalue weighted by Gasteiger charge is -2.46. The van der Waals surface area contributed by atoms with Crippen LogP contribution in [-0.4, -0.2) is 6.85 Å². The van der Waals surface area contributed by atoms with E-state index in [-0.39, 0.29) is 17.7 Å². The Morgan fingerprint density at radius 3 is 1.84 bits per heavy atom. The van der Waals surface area contributed by atoms with Crippen LogP contribution in [0.4, 0.5) is 28.4 Å². The summed E-state index contributed by atoms with van der Waals surface area (Å²) in [5, 5.41) is 5.30. The molecule has 8 aromatic carbocycles. The predicted molar refractivity (Wildman–Crippen MR) is 269 cm³/mol. The molecule has 0 fully saturated rings. The van der Waals surface area contributed by atoms with E-state index < -0.39 is 0 Å². The molecule has 294 valence electrons. The van der Waals surface area contributed by atoms with Crippen molar-refractivity contribution in [2.45, 2.75) is 52.4 Å². The van der Waals surface area contributed by atoms with E-state index in [1.165, 1.54) is 113 Å². The van der Waals surface area contributed by atoms with Gasteiger partial charge in [0.15, 0.2) is 0 Å². The molecule has 2 aliphatic heterocycles. The molecular formula is C56H45BN2S2. The van der Waals surface area contributed by atoms with Crippen LogP contribution in [0.25, 0.3) is 62.6 Å². The van der Waals surface area contributed by atoms with Crippen molar-refractivity contribution in [2.24, 2.45) is 0 Å². The largest absolute Gasteiger partial charge is 0.376 e. The van der Waals surface area contributed by atoms with E-state index in [2.05, 4.69) is 215 Å². The van der Waals surface area contributed by atoms with E-state index in [9.17, 15) is 0 Å². The zero-order valence-corrected chi connectivity index (χ0v) is 37.0. The molecule has 0 saturated heterocycles. The second-order valence-corrected chi connectivity index (χ2v) is 21.0. The zero-order valence-electron chi connectivity index (χ0n) is 35.4. The minimum absolute atomic E-state index is 0.0335. The summed E-state index contributed by atoms with van der Waals surface area (Å²) in [4.78, 5) is 5.33. The molecule has 61 heavy (non-hydrogen) atoms. The SMILES string of the molecule is CC(C)(C)c1ccc(N2B3c4c(cc5c(sc6ccccc65)c4-c4cc(C(C)(C)C)ccc42)N(c2ccccc2-c2ccccc2)c2ccc4sc5ccccc5c4c23)cc1. The molecule has 0 saturated carbocycles. The second kappa shape index (κ2) is 13.2. The quantitative estimate of drug-likeness (QED) is 0.164. The van der Waals surface area contributed by atoms with Crippen LogP contribution in [-0.2, 0) is 10.8 Å². The van der Waals surface area contributed by atoms with Crippen LogP contribution >= 0.6 is 22.7 Å². The molecule has 0 radical (unpaired) electrons. The van der Waals surface area contributed by atoms with E-state index in [0.717, 1.165) is 0 Å². The maximum atomic E-state index is 2.70. The number of benzene rings is 8. The zero-order chi connectivity index (χ0) is 41.4. The Bertz CT molecular complexity index is 3400. The van der Waals surface area contributed by atoms with Gasteiger partial charge in [-0.05, 0) is 110 Å². The van der Waals surface area contributed by atoms with E-state index >= 15 is 0 Å². The Hall–Kier alpha value is -6.14. The molecule has 12 rings (SSSR count). The minimum Gasteiger partial charge on any atom is -0.376 e. The molecule has 2 aliphatic rings. The lowest BCUT2D eigenvalue weighted by atomic mass is 9.42. The molecular weight excluding hydrogens is 776 g/mol. The van der Waals surface area contributed by atoms with Gasteiger partial charge in [0.1, 0.15) is 0 Å². The average molecular weight is 821 g/mol. The van der Waals surface area contributed by atoms with Gasteiger partial charge in [0, 0.05) is 69.0 Å². The molecule has 5 heteroatoms. The number of nitrogens with zero attached hydrogens (tertiary/aromatic N) is 2. The smallest absolute Gasteiger partial charge is 0.333 e. The Balaban J connectivity index is 1.29. The highest BCUT2D eigenvalue weighted by atomic mass is 32.1. The third-order valence-electron chi connectivity index (χ3n) is 13.2. The van der Waals surface area contributed by atoms with Gasteiger partial charge in [-0.3, -0.25) is 0 Å². The molecule has 4 heterocycles. The van der Waals surface area contributed by atoms with Gasteiger partial charge in [-0.25, -0.2) is 0 Å². The first-order chi connectivity index (χ1) is 29.5. The monoisotopic (exact) mass is 820 g/mol. The van der Waals surface area contributed by atoms with Crippen LogP contribution in [0.15, 0.2) is 164 Å². The first-order valence-electron chi connectivity index (χ1n) is 21.5.